The molecule has 0 N–H and O–H groups in total. The summed E-state index contributed by atoms with van der Waals surface area (Å²) in [4.78, 5) is 22.9. The molecule has 0 spiro atoms. The lowest BCUT2D eigenvalue weighted by Gasteiger charge is -2.17. The minimum absolute atomic E-state index is 0.00162. The maximum absolute atomic E-state index is 12.8. The molecular weight excluding hydrogens is 312 g/mol. The number of carbonyl (C=O) groups is 1. The van der Waals surface area contributed by atoms with Crippen molar-refractivity contribution in [1.29, 1.82) is 0 Å². The standard InChI is InChI=1S/C17H15ClN4O/c18-14-4-2-1-3-13(14)12-5-7-21(11-12)17(23)15-9-20-16-10-19-6-8-22(15)16/h1-4,6,8-10,12H,5,7,11H2. The molecule has 116 valence electrons. The van der Waals surface area contributed by atoms with E-state index in [0.717, 1.165) is 23.6 Å². The fraction of sp³-hybridized carbons (Fsp3) is 0.235. The van der Waals surface area contributed by atoms with Crippen LogP contribution in [0.2, 0.25) is 5.02 Å². The van der Waals surface area contributed by atoms with Gasteiger partial charge in [-0.05, 0) is 18.1 Å². The number of hydrogen-bond acceptors (Lipinski definition) is 3. The van der Waals surface area contributed by atoms with Gasteiger partial charge in [0.25, 0.3) is 5.91 Å². The molecule has 0 aliphatic carbocycles. The first kappa shape index (κ1) is 14.2. The molecule has 23 heavy (non-hydrogen) atoms. The molecule has 0 radical (unpaired) electrons. The average molecular weight is 327 g/mol. The van der Waals surface area contributed by atoms with Crippen LogP contribution < -0.4 is 0 Å². The number of amides is 1. The monoisotopic (exact) mass is 326 g/mol. The summed E-state index contributed by atoms with van der Waals surface area (Å²) in [5, 5.41) is 0.771. The second-order valence-corrected chi connectivity index (χ2v) is 6.11. The first-order valence-corrected chi connectivity index (χ1v) is 7.92. The molecule has 0 saturated carbocycles. The van der Waals surface area contributed by atoms with Crippen molar-refractivity contribution in [2.75, 3.05) is 13.1 Å². The van der Waals surface area contributed by atoms with Gasteiger partial charge in [0.15, 0.2) is 5.65 Å². The largest absolute Gasteiger partial charge is 0.337 e. The molecule has 6 heteroatoms. The Morgan fingerprint density at radius 3 is 3.00 bits per heavy atom. The lowest BCUT2D eigenvalue weighted by atomic mass is 9.98. The van der Waals surface area contributed by atoms with Gasteiger partial charge in [-0.2, -0.15) is 0 Å². The summed E-state index contributed by atoms with van der Waals surface area (Å²) in [6.07, 6.45) is 7.60. The average Bonchev–Trinajstić information content (AvgIpc) is 3.22. The Balaban J connectivity index is 1.58. The Hall–Kier alpha value is -2.40. The SMILES string of the molecule is O=C(c1cnc2cnccn12)N1CCC(c2ccccc2Cl)C1. The molecule has 1 fully saturated rings. The highest BCUT2D eigenvalue weighted by atomic mass is 35.5. The smallest absolute Gasteiger partial charge is 0.272 e. The number of carbonyl (C=O) groups excluding carboxylic acids is 1. The first-order chi connectivity index (χ1) is 11.2. The van der Waals surface area contributed by atoms with Gasteiger partial charge in [-0.3, -0.25) is 14.2 Å². The molecule has 1 saturated heterocycles. The fourth-order valence-corrected chi connectivity index (χ4v) is 3.46. The van der Waals surface area contributed by atoms with E-state index in [0.29, 0.717) is 17.9 Å². The van der Waals surface area contributed by atoms with E-state index in [1.807, 2.05) is 29.2 Å². The van der Waals surface area contributed by atoms with Gasteiger partial charge in [0.05, 0.1) is 12.4 Å². The number of hydrogen-bond donors (Lipinski definition) is 0. The topological polar surface area (TPSA) is 50.5 Å². The number of likely N-dealkylation sites (tertiary alicyclic amines) is 1. The van der Waals surface area contributed by atoms with Gasteiger partial charge in [-0.25, -0.2) is 4.98 Å². The zero-order valence-corrected chi connectivity index (χ0v) is 13.1. The summed E-state index contributed by atoms with van der Waals surface area (Å²) in [5.41, 5.74) is 2.37. The van der Waals surface area contributed by atoms with E-state index in [-0.39, 0.29) is 11.8 Å². The zero-order chi connectivity index (χ0) is 15.8. The van der Waals surface area contributed by atoms with Gasteiger partial charge in [0, 0.05) is 36.4 Å². The van der Waals surface area contributed by atoms with E-state index in [2.05, 4.69) is 9.97 Å². The third-order valence-electron chi connectivity index (χ3n) is 4.36. The van der Waals surface area contributed by atoms with Gasteiger partial charge in [0.2, 0.25) is 0 Å². The zero-order valence-electron chi connectivity index (χ0n) is 12.4. The quantitative estimate of drug-likeness (QED) is 0.727. The van der Waals surface area contributed by atoms with Crippen LogP contribution in [0.1, 0.15) is 28.4 Å². The van der Waals surface area contributed by atoms with Gasteiger partial charge in [-0.1, -0.05) is 29.8 Å². The molecule has 1 aliphatic heterocycles. The van der Waals surface area contributed by atoms with Crippen LogP contribution in [0.5, 0.6) is 0 Å². The number of benzene rings is 1. The summed E-state index contributed by atoms with van der Waals surface area (Å²) in [6.45, 7) is 1.41. The predicted molar refractivity (Wildman–Crippen MR) is 87.7 cm³/mol. The van der Waals surface area contributed by atoms with E-state index in [4.69, 9.17) is 11.6 Å². The summed E-state index contributed by atoms with van der Waals surface area (Å²) >= 11 is 6.28. The first-order valence-electron chi connectivity index (χ1n) is 7.55. The molecule has 3 aromatic rings. The Morgan fingerprint density at radius 2 is 2.13 bits per heavy atom. The normalized spacial score (nSPS) is 17.8. The minimum Gasteiger partial charge on any atom is -0.337 e. The van der Waals surface area contributed by atoms with Crippen LogP contribution in [0.25, 0.3) is 5.65 Å². The molecular formula is C17H15ClN4O. The molecule has 3 heterocycles. The van der Waals surface area contributed by atoms with Crippen molar-refractivity contribution in [3.8, 4) is 0 Å². The summed E-state index contributed by atoms with van der Waals surface area (Å²) in [5.74, 6) is 0.284. The van der Waals surface area contributed by atoms with Crippen molar-refractivity contribution >= 4 is 23.2 Å². The predicted octanol–water partition coefficient (Wildman–Crippen LogP) is 3.01. The lowest BCUT2D eigenvalue weighted by Crippen LogP contribution is -2.29. The van der Waals surface area contributed by atoms with Gasteiger partial charge in [0.1, 0.15) is 5.69 Å². The number of aromatic nitrogens is 3. The summed E-state index contributed by atoms with van der Waals surface area (Å²) < 4.78 is 1.78. The summed E-state index contributed by atoms with van der Waals surface area (Å²) in [7, 11) is 0. The second kappa shape index (κ2) is 5.66. The van der Waals surface area contributed by atoms with Crippen LogP contribution in [-0.4, -0.2) is 38.3 Å². The second-order valence-electron chi connectivity index (χ2n) is 5.71. The molecule has 4 rings (SSSR count). The number of rotatable bonds is 2. The highest BCUT2D eigenvalue weighted by Gasteiger charge is 2.30. The van der Waals surface area contributed by atoms with Crippen LogP contribution in [0.4, 0.5) is 0 Å². The Labute approximate surface area is 138 Å². The number of halogens is 1. The van der Waals surface area contributed by atoms with Crippen LogP contribution in [0.15, 0.2) is 49.1 Å². The molecule has 1 aromatic carbocycles. The number of nitrogens with zero attached hydrogens (tertiary/aromatic N) is 4. The third kappa shape index (κ3) is 2.47. The number of imidazole rings is 1. The summed E-state index contributed by atoms with van der Waals surface area (Å²) in [6, 6.07) is 7.86. The van der Waals surface area contributed by atoms with Crippen molar-refractivity contribution in [1.82, 2.24) is 19.3 Å². The molecule has 1 amide bonds. The Bertz CT molecular complexity index is 876. The third-order valence-corrected chi connectivity index (χ3v) is 4.70. The molecule has 1 unspecified atom stereocenters. The Kier molecular flexibility index (Phi) is 3.50. The van der Waals surface area contributed by atoms with Crippen LogP contribution >= 0.6 is 11.6 Å². The highest BCUT2D eigenvalue weighted by molar-refractivity contribution is 6.31. The van der Waals surface area contributed by atoms with Crippen molar-refractivity contribution in [2.45, 2.75) is 12.3 Å². The van der Waals surface area contributed by atoms with Gasteiger partial charge < -0.3 is 4.90 Å². The highest BCUT2D eigenvalue weighted by Crippen LogP contribution is 2.32. The number of fused-ring (bicyclic) bond motifs is 1. The van der Waals surface area contributed by atoms with Crippen molar-refractivity contribution < 1.29 is 4.79 Å². The fourth-order valence-electron chi connectivity index (χ4n) is 3.17. The molecule has 1 atom stereocenters. The van der Waals surface area contributed by atoms with Crippen molar-refractivity contribution in [3.05, 3.63) is 65.3 Å². The lowest BCUT2D eigenvalue weighted by molar-refractivity contribution is 0.0784. The van der Waals surface area contributed by atoms with Gasteiger partial charge in [-0.15, -0.1) is 0 Å². The van der Waals surface area contributed by atoms with E-state index < -0.39 is 0 Å². The maximum atomic E-state index is 12.8. The van der Waals surface area contributed by atoms with Crippen LogP contribution in [0, 0.1) is 0 Å². The van der Waals surface area contributed by atoms with E-state index in [9.17, 15) is 4.79 Å². The van der Waals surface area contributed by atoms with Crippen LogP contribution in [0.3, 0.4) is 0 Å². The molecule has 2 aromatic heterocycles. The maximum Gasteiger partial charge on any atom is 0.272 e. The molecule has 0 bridgehead atoms. The van der Waals surface area contributed by atoms with Crippen molar-refractivity contribution in [3.63, 3.8) is 0 Å². The van der Waals surface area contributed by atoms with Crippen molar-refractivity contribution in [2.24, 2.45) is 0 Å². The molecule has 5 nitrogen and oxygen atoms in total. The van der Waals surface area contributed by atoms with E-state index in [1.54, 1.807) is 29.2 Å². The van der Waals surface area contributed by atoms with Crippen LogP contribution in [-0.2, 0) is 0 Å². The minimum atomic E-state index is -0.00162. The van der Waals surface area contributed by atoms with E-state index >= 15 is 0 Å². The molecule has 1 aliphatic rings. The Morgan fingerprint density at radius 1 is 1.26 bits per heavy atom. The van der Waals surface area contributed by atoms with E-state index in [1.165, 1.54) is 0 Å². The van der Waals surface area contributed by atoms with Gasteiger partial charge >= 0.3 is 0 Å².